The normalized spacial score (nSPS) is 30.0. The Hall–Kier alpha value is -1.26. The Kier molecular flexibility index (Phi) is 4.68. The van der Waals surface area contributed by atoms with Gasteiger partial charge in [-0.05, 0) is 20.3 Å². The summed E-state index contributed by atoms with van der Waals surface area (Å²) in [6.07, 6.45) is 2.93. The number of hydrogen-bond donors (Lipinski definition) is 1. The van der Waals surface area contributed by atoms with E-state index in [1.165, 1.54) is 11.8 Å². The first kappa shape index (κ1) is 18.1. The minimum absolute atomic E-state index is 0.278. The van der Waals surface area contributed by atoms with Gasteiger partial charge in [-0.2, -0.15) is 0 Å². The van der Waals surface area contributed by atoms with E-state index in [0.717, 1.165) is 12.2 Å². The molecule has 0 saturated carbocycles. The van der Waals surface area contributed by atoms with Crippen molar-refractivity contribution in [2.24, 2.45) is 0 Å². The average molecular weight is 398 g/mol. The van der Waals surface area contributed by atoms with Gasteiger partial charge in [0.15, 0.2) is 27.3 Å². The number of fused-ring (bicyclic) bond motifs is 2. The van der Waals surface area contributed by atoms with E-state index in [2.05, 4.69) is 27.2 Å². The molecule has 3 heterocycles. The number of ether oxygens (including phenoxy) is 2. The molecule has 1 N–H and O–H groups in total. The van der Waals surface area contributed by atoms with Crippen LogP contribution in [0.1, 0.15) is 33.2 Å². The third kappa shape index (κ3) is 3.11. The number of halogens is 1. The smallest absolute Gasteiger partial charge is 0.191 e. The van der Waals surface area contributed by atoms with Gasteiger partial charge in [0.2, 0.25) is 0 Å². The van der Waals surface area contributed by atoms with Gasteiger partial charge in [-0.1, -0.05) is 47.7 Å². The second-order valence-electron chi connectivity index (χ2n) is 6.78. The Labute approximate surface area is 159 Å². The summed E-state index contributed by atoms with van der Waals surface area (Å²) >= 11 is 7.82. The molecule has 1 aliphatic carbocycles. The van der Waals surface area contributed by atoms with Crippen molar-refractivity contribution in [1.29, 1.82) is 0 Å². The Balaban J connectivity index is 1.76. The SMILES string of the molecule is CCCSc1nc(Cl)c2nnn([C@@H]3C=C[C@H](O)[C@H]4OC(C)(C)O[C@H]43)c2n1. The first-order valence-electron chi connectivity index (χ1n) is 8.53. The van der Waals surface area contributed by atoms with Crippen LogP contribution in [0.3, 0.4) is 0 Å². The standard InChI is InChI=1S/C16H20ClN5O3S/c1-4-7-26-15-18-13(17)10-14(19-15)22(21-20-10)8-5-6-9(23)12-11(8)24-16(2,3)25-12/h5-6,8-9,11-12,23H,4,7H2,1-3H3/t8-,9+,11+,12-/m1/s1. The highest BCUT2D eigenvalue weighted by Crippen LogP contribution is 2.40. The lowest BCUT2D eigenvalue weighted by Gasteiger charge is -2.29. The molecule has 0 unspecified atom stereocenters. The van der Waals surface area contributed by atoms with Gasteiger partial charge in [0.1, 0.15) is 24.4 Å². The monoisotopic (exact) mass is 397 g/mol. The number of thioether (sulfide) groups is 1. The fraction of sp³-hybridized carbons (Fsp3) is 0.625. The first-order chi connectivity index (χ1) is 12.4. The number of aliphatic hydroxyl groups excluding tert-OH is 1. The van der Waals surface area contributed by atoms with Crippen molar-refractivity contribution in [2.75, 3.05) is 5.75 Å². The van der Waals surface area contributed by atoms with Gasteiger partial charge >= 0.3 is 0 Å². The highest BCUT2D eigenvalue weighted by Gasteiger charge is 2.50. The molecule has 1 aliphatic heterocycles. The quantitative estimate of drug-likeness (QED) is 0.363. The number of aromatic nitrogens is 5. The molecular formula is C16H20ClN5O3S. The van der Waals surface area contributed by atoms with Crippen molar-refractivity contribution in [2.45, 2.75) is 62.5 Å². The molecule has 0 radical (unpaired) electrons. The van der Waals surface area contributed by atoms with Crippen molar-refractivity contribution in [3.8, 4) is 0 Å². The maximum atomic E-state index is 10.2. The second-order valence-corrected chi connectivity index (χ2v) is 8.20. The zero-order valence-corrected chi connectivity index (χ0v) is 16.2. The minimum Gasteiger partial charge on any atom is -0.386 e. The summed E-state index contributed by atoms with van der Waals surface area (Å²) in [6, 6.07) is -0.315. The summed E-state index contributed by atoms with van der Waals surface area (Å²) in [5.74, 6) is 0.112. The average Bonchev–Trinajstić information content (AvgIpc) is 3.14. The van der Waals surface area contributed by atoms with Crippen LogP contribution < -0.4 is 0 Å². The van der Waals surface area contributed by atoms with Gasteiger partial charge < -0.3 is 14.6 Å². The number of hydrogen-bond acceptors (Lipinski definition) is 8. The van der Waals surface area contributed by atoms with Crippen molar-refractivity contribution in [3.05, 3.63) is 17.3 Å². The predicted molar refractivity (Wildman–Crippen MR) is 97.2 cm³/mol. The van der Waals surface area contributed by atoms with Crippen LogP contribution >= 0.6 is 23.4 Å². The molecule has 10 heteroatoms. The van der Waals surface area contributed by atoms with Crippen molar-refractivity contribution >= 4 is 34.5 Å². The Bertz CT molecular complexity index is 858. The molecule has 0 bridgehead atoms. The predicted octanol–water partition coefficient (Wildman–Crippen LogP) is 2.37. The third-order valence-corrected chi connectivity index (χ3v) is 5.64. The number of nitrogens with zero attached hydrogens (tertiary/aromatic N) is 5. The molecule has 8 nitrogen and oxygen atoms in total. The van der Waals surface area contributed by atoms with Crippen LogP contribution in [0.15, 0.2) is 17.3 Å². The zero-order valence-electron chi connectivity index (χ0n) is 14.7. The van der Waals surface area contributed by atoms with Crippen LogP contribution in [0.4, 0.5) is 0 Å². The Morgan fingerprint density at radius 1 is 1.27 bits per heavy atom. The van der Waals surface area contributed by atoms with Crippen molar-refractivity contribution in [3.63, 3.8) is 0 Å². The topological polar surface area (TPSA) is 95.2 Å². The molecule has 2 aromatic heterocycles. The molecule has 0 amide bonds. The van der Waals surface area contributed by atoms with Gasteiger partial charge in [0, 0.05) is 5.75 Å². The fourth-order valence-electron chi connectivity index (χ4n) is 3.25. The molecule has 2 aromatic rings. The molecule has 140 valence electrons. The van der Waals surface area contributed by atoms with Gasteiger partial charge in [0.05, 0.1) is 0 Å². The van der Waals surface area contributed by atoms with E-state index in [4.69, 9.17) is 21.1 Å². The van der Waals surface area contributed by atoms with Crippen LogP contribution in [0.5, 0.6) is 0 Å². The zero-order chi connectivity index (χ0) is 18.5. The molecule has 26 heavy (non-hydrogen) atoms. The van der Waals surface area contributed by atoms with Gasteiger partial charge in [-0.25, -0.2) is 14.6 Å². The maximum absolute atomic E-state index is 10.2. The summed E-state index contributed by atoms with van der Waals surface area (Å²) in [5.41, 5.74) is 0.989. The molecule has 2 aliphatic rings. The number of rotatable bonds is 4. The summed E-state index contributed by atoms with van der Waals surface area (Å²) in [7, 11) is 0. The molecular weight excluding hydrogens is 378 g/mol. The van der Waals surface area contributed by atoms with Gasteiger partial charge in [-0.15, -0.1) is 5.10 Å². The van der Waals surface area contributed by atoms with Crippen LogP contribution in [-0.4, -0.2) is 59.9 Å². The fourth-order valence-corrected chi connectivity index (χ4v) is 4.20. The maximum Gasteiger partial charge on any atom is 0.191 e. The van der Waals surface area contributed by atoms with Crippen LogP contribution in [0, 0.1) is 0 Å². The molecule has 0 aromatic carbocycles. The van der Waals surface area contributed by atoms with Crippen LogP contribution in [0.25, 0.3) is 11.2 Å². The van der Waals surface area contributed by atoms with E-state index < -0.39 is 24.1 Å². The number of aliphatic hydroxyl groups is 1. The Morgan fingerprint density at radius 3 is 2.81 bits per heavy atom. The van der Waals surface area contributed by atoms with Crippen molar-refractivity contribution in [1.82, 2.24) is 25.0 Å². The molecule has 4 rings (SSSR count). The third-order valence-electron chi connectivity index (χ3n) is 4.32. The largest absolute Gasteiger partial charge is 0.386 e. The lowest BCUT2D eigenvalue weighted by Crippen LogP contribution is -2.42. The van der Waals surface area contributed by atoms with Gasteiger partial charge in [-0.3, -0.25) is 0 Å². The second kappa shape index (κ2) is 6.72. The lowest BCUT2D eigenvalue weighted by molar-refractivity contribution is -0.153. The molecule has 1 fully saturated rings. The van der Waals surface area contributed by atoms with E-state index in [9.17, 15) is 5.11 Å². The van der Waals surface area contributed by atoms with Crippen LogP contribution in [0.2, 0.25) is 5.15 Å². The molecule has 0 spiro atoms. The molecule has 4 atom stereocenters. The van der Waals surface area contributed by atoms with Crippen molar-refractivity contribution < 1.29 is 14.6 Å². The van der Waals surface area contributed by atoms with Gasteiger partial charge in [0.25, 0.3) is 0 Å². The molecule has 1 saturated heterocycles. The summed E-state index contributed by atoms with van der Waals surface area (Å²) < 4.78 is 13.6. The van der Waals surface area contributed by atoms with E-state index in [-0.39, 0.29) is 11.2 Å². The first-order valence-corrected chi connectivity index (χ1v) is 9.89. The minimum atomic E-state index is -0.786. The van der Waals surface area contributed by atoms with E-state index in [1.54, 1.807) is 10.8 Å². The van der Waals surface area contributed by atoms with E-state index in [0.29, 0.717) is 16.3 Å². The Morgan fingerprint density at radius 2 is 2.04 bits per heavy atom. The summed E-state index contributed by atoms with van der Waals surface area (Å²) in [4.78, 5) is 8.88. The highest BCUT2D eigenvalue weighted by atomic mass is 35.5. The van der Waals surface area contributed by atoms with E-state index in [1.807, 2.05) is 19.9 Å². The summed E-state index contributed by atoms with van der Waals surface area (Å²) in [6.45, 7) is 5.75. The highest BCUT2D eigenvalue weighted by molar-refractivity contribution is 7.99. The summed E-state index contributed by atoms with van der Waals surface area (Å²) in [5, 5.41) is 19.5. The lowest BCUT2D eigenvalue weighted by atomic mass is 9.94. The van der Waals surface area contributed by atoms with Crippen LogP contribution in [-0.2, 0) is 9.47 Å². The van der Waals surface area contributed by atoms with E-state index >= 15 is 0 Å².